The second-order valence-corrected chi connectivity index (χ2v) is 38.0. The van der Waals surface area contributed by atoms with E-state index in [0.29, 0.717) is 56.7 Å². The van der Waals surface area contributed by atoms with Crippen LogP contribution in [0.4, 0.5) is 11.4 Å². The van der Waals surface area contributed by atoms with E-state index in [-0.39, 0.29) is 23.0 Å². The number of nitrogens with zero attached hydrogens (tertiary/aromatic N) is 8. The van der Waals surface area contributed by atoms with Gasteiger partial charge in [0.2, 0.25) is 17.5 Å². The van der Waals surface area contributed by atoms with Gasteiger partial charge in [0.15, 0.2) is 11.6 Å². The van der Waals surface area contributed by atoms with E-state index in [2.05, 4.69) is 200 Å². The van der Waals surface area contributed by atoms with Crippen LogP contribution in [0.5, 0.6) is 0 Å². The van der Waals surface area contributed by atoms with Crippen LogP contribution >= 0.6 is 136 Å². The Balaban J connectivity index is 0.884. The molecule has 6 saturated heterocycles. The second kappa shape index (κ2) is 32.0. The fraction of sp³-hybridized carbons (Fsp3) is 0.657. The van der Waals surface area contributed by atoms with Crippen LogP contribution in [-0.2, 0) is 40.7 Å². The number of halogens is 6. The molecule has 93 heavy (non-hydrogen) atoms. The Morgan fingerprint density at radius 2 is 1.11 bits per heavy atom. The maximum absolute atomic E-state index is 15.6. The molecule has 8 aliphatic rings. The molecule has 4 spiro atoms. The summed E-state index contributed by atoms with van der Waals surface area (Å²) in [6, 6.07) is 4.30. The van der Waals surface area contributed by atoms with Crippen LogP contribution in [0.25, 0.3) is 0 Å². The molecule has 0 bridgehead atoms. The van der Waals surface area contributed by atoms with Gasteiger partial charge in [0.1, 0.15) is 58.9 Å². The summed E-state index contributed by atoms with van der Waals surface area (Å²) >= 11 is 14.5. The number of hydrogen-bond donors (Lipinski definition) is 4. The number of piperazine rings is 6. The number of benzene rings is 2. The highest BCUT2D eigenvalue weighted by Crippen LogP contribution is 2.57. The number of fused-ring (bicyclic) bond motifs is 2. The summed E-state index contributed by atoms with van der Waals surface area (Å²) in [4.78, 5) is 35.4. The number of quaternary nitrogens is 4. The fourth-order valence-electron chi connectivity index (χ4n) is 16.9. The zero-order chi connectivity index (χ0) is 66.6. The zero-order valence-corrected chi connectivity index (χ0v) is 69.2. The van der Waals surface area contributed by atoms with Gasteiger partial charge in [-0.3, -0.25) is 18.7 Å². The molecule has 0 radical (unpaired) electrons. The quantitative estimate of drug-likeness (QED) is 0.0158. The van der Waals surface area contributed by atoms with E-state index in [4.69, 9.17) is 0 Å². The number of nitrogens with one attached hydrogen (secondary N) is 2. The highest BCUT2D eigenvalue weighted by molar-refractivity contribution is 14.1. The van der Waals surface area contributed by atoms with Gasteiger partial charge in [-0.05, 0) is 194 Å². The number of hydrogen-bond acceptors (Lipinski definition) is 9. The summed E-state index contributed by atoms with van der Waals surface area (Å²) in [5, 5.41) is 7.10. The van der Waals surface area contributed by atoms with Crippen LogP contribution in [-0.4, -0.2) is 251 Å². The summed E-state index contributed by atoms with van der Waals surface area (Å²) < 4.78 is 83.8. The monoisotopic (exact) mass is 2000 g/mol. The van der Waals surface area contributed by atoms with Gasteiger partial charge in [0.05, 0.1) is 101 Å². The predicted octanol–water partition coefficient (Wildman–Crippen LogP) is 9.85. The molecule has 2 amide bonds. The van der Waals surface area contributed by atoms with E-state index in [9.17, 15) is 30.7 Å². The number of rotatable bonds is 23. The molecule has 18 nitrogen and oxygen atoms in total. The minimum atomic E-state index is -4.54. The average molecular weight is 2000 g/mol. The van der Waals surface area contributed by atoms with E-state index < -0.39 is 37.4 Å². The van der Waals surface area contributed by atoms with Crippen LogP contribution < -0.4 is 15.5 Å². The first-order chi connectivity index (χ1) is 44.2. The summed E-state index contributed by atoms with van der Waals surface area (Å²) in [7, 11) is -8.61. The molecule has 0 aliphatic carbocycles. The van der Waals surface area contributed by atoms with Crippen molar-refractivity contribution in [2.24, 2.45) is 5.92 Å². The van der Waals surface area contributed by atoms with Gasteiger partial charge in [-0.2, -0.15) is 21.4 Å². The molecule has 0 saturated carbocycles. The van der Waals surface area contributed by atoms with Gasteiger partial charge in [-0.25, -0.2) is 0 Å². The smallest absolute Gasteiger partial charge is 0.283 e. The van der Waals surface area contributed by atoms with Crippen molar-refractivity contribution in [3.05, 3.63) is 92.9 Å². The Labute approximate surface area is 636 Å². The first kappa shape index (κ1) is 75.4. The molecule has 514 valence electrons. The standard InChI is InChI=1S/C67H97I6N10O8S2/c1-4-5-17-51(65(85)77-29-37-83(38-30-77)45-41-81(42-46-83)33-24-75-25-34-81)67(3)57(79(50-93(89,90)91)55-49-53(69)62(71)64(73)60(55)67)19-12-8-6-7-11-18-56-66(2,59-54(48-52(68)61(70)63(59)72)78(56)26-15-10-16-47-92(86,87)88)21-14-9-13-20-58(84)76-27-35-82(36-28-76)43-39-80(40-44-82)31-22-74-23-32-80/h6-8,11-12,18-19,48-49,51,74-75H,4-5,9-10,13-17,20-47,50H2,1-3H3/q+3/p+2. The third-order valence-corrected chi connectivity index (χ3v) is 34.5. The summed E-state index contributed by atoms with van der Waals surface area (Å²) in [6.07, 6.45) is 22.3. The molecule has 26 heteroatoms. The Morgan fingerprint density at radius 3 is 1.66 bits per heavy atom. The highest BCUT2D eigenvalue weighted by Gasteiger charge is 2.56. The molecule has 10 rings (SSSR count). The van der Waals surface area contributed by atoms with Crippen molar-refractivity contribution in [2.45, 2.75) is 102 Å². The van der Waals surface area contributed by atoms with Gasteiger partial charge < -0.3 is 43.3 Å². The van der Waals surface area contributed by atoms with Crippen LogP contribution in [0.1, 0.15) is 103 Å². The van der Waals surface area contributed by atoms with Gasteiger partial charge in [-0.15, -0.1) is 0 Å². The van der Waals surface area contributed by atoms with Crippen LogP contribution in [0.3, 0.4) is 0 Å². The molecule has 8 heterocycles. The van der Waals surface area contributed by atoms with Crippen molar-refractivity contribution in [3.8, 4) is 0 Å². The first-order valence-electron chi connectivity index (χ1n) is 34.0. The molecule has 3 unspecified atom stereocenters. The minimum Gasteiger partial charge on any atom is -0.331 e. The number of carbonyl (C=O) groups excluding carboxylic acids is 2. The zero-order valence-electron chi connectivity index (χ0n) is 54.6. The Morgan fingerprint density at radius 1 is 0.602 bits per heavy atom. The van der Waals surface area contributed by atoms with Crippen molar-refractivity contribution >= 4 is 185 Å². The van der Waals surface area contributed by atoms with Gasteiger partial charge in [0.25, 0.3) is 20.2 Å². The highest BCUT2D eigenvalue weighted by atomic mass is 127. The third kappa shape index (κ3) is 17.3. The molecule has 0 aromatic heterocycles. The third-order valence-electron chi connectivity index (χ3n) is 22.8. The molecule has 8 aliphatic heterocycles. The SMILES string of the molecule is CCCCC(C(=O)N1CC[N+]2(CC1)CC[N+]1(CCNCC1)CC2)C1(C)/C(=C/C=C/C=C/C=C/C2=[N+](CCCCCS(=O)(=O)O)c3cc(I)c(I)c(I)c3C2(C)CCCCCC(=O)N2CC[N+]3(CC2)CC[N+]2(CCNCC2)CC3)N(CS(=O)(=O)O)c2cc(I)c(I)c(I)c21. The Hall–Kier alpha value is -0.230. The molecular formula is C67H99I6N10O8S2+5. The largest absolute Gasteiger partial charge is 0.331 e. The lowest BCUT2D eigenvalue weighted by molar-refractivity contribution is -1.03. The molecule has 2 aromatic carbocycles. The average Bonchev–Trinajstić information content (AvgIpc) is 1.57. The van der Waals surface area contributed by atoms with E-state index in [1.54, 1.807) is 4.90 Å². The predicted molar refractivity (Wildman–Crippen MR) is 422 cm³/mol. The van der Waals surface area contributed by atoms with Gasteiger partial charge in [-0.1, -0.05) is 63.0 Å². The summed E-state index contributed by atoms with van der Waals surface area (Å²) in [6.45, 7) is 33.3. The van der Waals surface area contributed by atoms with Crippen LogP contribution in [0, 0.1) is 27.3 Å². The molecule has 3 atom stereocenters. The maximum Gasteiger partial charge on any atom is 0.283 e. The van der Waals surface area contributed by atoms with E-state index in [0.717, 1.165) is 159 Å². The van der Waals surface area contributed by atoms with Crippen molar-refractivity contribution in [1.29, 1.82) is 0 Å². The Bertz CT molecular complexity index is 3460. The minimum absolute atomic E-state index is 0.111. The fourth-order valence-corrected chi connectivity index (χ4v) is 23.4. The van der Waals surface area contributed by atoms with Gasteiger partial charge >= 0.3 is 0 Å². The van der Waals surface area contributed by atoms with Crippen LogP contribution in [0.2, 0.25) is 0 Å². The van der Waals surface area contributed by atoms with Crippen molar-refractivity contribution in [1.82, 2.24) is 20.4 Å². The molecule has 4 N–H and O–H groups in total. The lowest BCUT2D eigenvalue weighted by Crippen LogP contribution is -2.73. The number of allylic oxidation sites excluding steroid dienone is 8. The second-order valence-electron chi connectivity index (χ2n) is 28.4. The van der Waals surface area contributed by atoms with E-state index in [1.807, 2.05) is 36.4 Å². The first-order valence-corrected chi connectivity index (χ1v) is 43.7. The topological polar surface area (TPSA) is 180 Å². The van der Waals surface area contributed by atoms with E-state index >= 15 is 4.79 Å². The summed E-state index contributed by atoms with van der Waals surface area (Å²) in [5.74, 6) is -1.03. The van der Waals surface area contributed by atoms with E-state index in [1.165, 1.54) is 91.6 Å². The number of anilines is 1. The normalized spacial score (nSPS) is 25.3. The Kier molecular flexibility index (Phi) is 25.9. The summed E-state index contributed by atoms with van der Waals surface area (Å²) in [5.41, 5.74) is 4.53. The number of amides is 2. The molecule has 6 fully saturated rings. The van der Waals surface area contributed by atoms with Crippen molar-refractivity contribution in [3.63, 3.8) is 0 Å². The van der Waals surface area contributed by atoms with Gasteiger partial charge in [0, 0.05) is 94.9 Å². The lowest BCUT2D eigenvalue weighted by Gasteiger charge is -2.53. The number of carbonyl (C=O) groups is 2. The van der Waals surface area contributed by atoms with Crippen LogP contribution in [0.15, 0.2) is 60.4 Å². The lowest BCUT2D eigenvalue weighted by atomic mass is 9.68. The van der Waals surface area contributed by atoms with Crippen molar-refractivity contribution < 1.29 is 58.0 Å². The maximum atomic E-state index is 15.6. The number of unbranched alkanes of at least 4 members (excludes halogenated alkanes) is 5. The van der Waals surface area contributed by atoms with Crippen molar-refractivity contribution in [2.75, 3.05) is 180 Å². The molecule has 2 aromatic rings. The molecular weight excluding hydrogens is 1900 g/mol.